The number of nitrogens with zero attached hydrogens (tertiary/aromatic N) is 3. The van der Waals surface area contributed by atoms with Gasteiger partial charge in [0.25, 0.3) is 0 Å². The molecule has 72 valence electrons. The van der Waals surface area contributed by atoms with Crippen LogP contribution in [0.25, 0.3) is 0 Å². The van der Waals surface area contributed by atoms with Gasteiger partial charge >= 0.3 is 5.97 Å². The molecular weight excluding hydrogens is 170 g/mol. The summed E-state index contributed by atoms with van der Waals surface area (Å²) in [7, 11) is 0. The standard InChI is InChI=1S/C8H13N3O2/c1-2-3-4-7(8(12)13)11-6-5-9-10-11/h5-7H,2-4H2,1H3,(H,12,13). The topological polar surface area (TPSA) is 68.0 Å². The number of rotatable bonds is 5. The zero-order valence-corrected chi connectivity index (χ0v) is 7.55. The fourth-order valence-electron chi connectivity index (χ4n) is 1.15. The maximum Gasteiger partial charge on any atom is 0.328 e. The van der Waals surface area contributed by atoms with Crippen LogP contribution in [0.1, 0.15) is 32.2 Å². The summed E-state index contributed by atoms with van der Waals surface area (Å²) in [6.45, 7) is 2.03. The van der Waals surface area contributed by atoms with E-state index in [4.69, 9.17) is 5.11 Å². The molecule has 0 fully saturated rings. The van der Waals surface area contributed by atoms with Gasteiger partial charge in [-0.3, -0.25) is 0 Å². The zero-order valence-electron chi connectivity index (χ0n) is 7.55. The molecule has 0 aromatic carbocycles. The van der Waals surface area contributed by atoms with Gasteiger partial charge in [-0.25, -0.2) is 9.48 Å². The van der Waals surface area contributed by atoms with E-state index in [1.807, 2.05) is 6.92 Å². The Kier molecular flexibility index (Phi) is 3.42. The number of carboxylic acid groups (broad SMARTS) is 1. The van der Waals surface area contributed by atoms with E-state index in [1.165, 1.54) is 10.9 Å². The summed E-state index contributed by atoms with van der Waals surface area (Å²) in [4.78, 5) is 10.8. The summed E-state index contributed by atoms with van der Waals surface area (Å²) in [5.41, 5.74) is 0. The Morgan fingerprint density at radius 3 is 2.92 bits per heavy atom. The fourth-order valence-corrected chi connectivity index (χ4v) is 1.15. The number of aromatic nitrogens is 3. The van der Waals surface area contributed by atoms with Gasteiger partial charge in [0.05, 0.1) is 6.20 Å². The molecule has 1 unspecified atom stereocenters. The Morgan fingerprint density at radius 1 is 1.69 bits per heavy atom. The summed E-state index contributed by atoms with van der Waals surface area (Å²) >= 11 is 0. The smallest absolute Gasteiger partial charge is 0.328 e. The molecule has 1 heterocycles. The van der Waals surface area contributed by atoms with Crippen molar-refractivity contribution in [3.8, 4) is 0 Å². The molecule has 0 saturated heterocycles. The van der Waals surface area contributed by atoms with Crippen LogP contribution in [0.3, 0.4) is 0 Å². The van der Waals surface area contributed by atoms with Gasteiger partial charge in [0, 0.05) is 6.20 Å². The number of unbranched alkanes of at least 4 members (excludes halogenated alkanes) is 1. The third kappa shape index (κ3) is 2.54. The van der Waals surface area contributed by atoms with E-state index >= 15 is 0 Å². The fraction of sp³-hybridized carbons (Fsp3) is 0.625. The lowest BCUT2D eigenvalue weighted by Gasteiger charge is -2.10. The molecule has 1 aromatic rings. The van der Waals surface area contributed by atoms with Gasteiger partial charge in [0.15, 0.2) is 6.04 Å². The molecule has 1 atom stereocenters. The van der Waals surface area contributed by atoms with Gasteiger partial charge in [-0.1, -0.05) is 25.0 Å². The Labute approximate surface area is 76.4 Å². The van der Waals surface area contributed by atoms with Crippen molar-refractivity contribution in [3.63, 3.8) is 0 Å². The summed E-state index contributed by atoms with van der Waals surface area (Å²) in [6.07, 6.45) is 5.54. The third-order valence-electron chi connectivity index (χ3n) is 1.88. The van der Waals surface area contributed by atoms with Crippen LogP contribution in [0.4, 0.5) is 0 Å². The Balaban J connectivity index is 2.63. The SMILES string of the molecule is CCCCC(C(=O)O)n1ccnn1. The van der Waals surface area contributed by atoms with Gasteiger partial charge in [0.1, 0.15) is 0 Å². The van der Waals surface area contributed by atoms with Crippen molar-refractivity contribution in [1.29, 1.82) is 0 Å². The molecule has 0 amide bonds. The molecule has 0 aliphatic rings. The molecule has 0 bridgehead atoms. The highest BCUT2D eigenvalue weighted by molar-refractivity contribution is 5.71. The average molecular weight is 183 g/mol. The van der Waals surface area contributed by atoms with Gasteiger partial charge < -0.3 is 5.11 Å². The lowest BCUT2D eigenvalue weighted by atomic mass is 10.1. The Bertz CT molecular complexity index is 258. The maximum atomic E-state index is 10.8. The van der Waals surface area contributed by atoms with Crippen LogP contribution in [-0.2, 0) is 4.79 Å². The van der Waals surface area contributed by atoms with Crippen molar-refractivity contribution in [1.82, 2.24) is 15.0 Å². The van der Waals surface area contributed by atoms with Crippen LogP contribution in [0, 0.1) is 0 Å². The van der Waals surface area contributed by atoms with Crippen molar-refractivity contribution >= 4 is 5.97 Å². The number of hydrogen-bond donors (Lipinski definition) is 1. The molecule has 0 saturated carbocycles. The van der Waals surface area contributed by atoms with E-state index in [0.29, 0.717) is 6.42 Å². The van der Waals surface area contributed by atoms with Crippen LogP contribution in [0.2, 0.25) is 0 Å². The second-order valence-electron chi connectivity index (χ2n) is 2.88. The lowest BCUT2D eigenvalue weighted by Crippen LogP contribution is -2.19. The van der Waals surface area contributed by atoms with Crippen LogP contribution >= 0.6 is 0 Å². The lowest BCUT2D eigenvalue weighted by molar-refractivity contribution is -0.141. The van der Waals surface area contributed by atoms with Gasteiger partial charge in [-0.2, -0.15) is 0 Å². The average Bonchev–Trinajstić information content (AvgIpc) is 2.57. The summed E-state index contributed by atoms with van der Waals surface area (Å²) < 4.78 is 1.39. The molecule has 13 heavy (non-hydrogen) atoms. The molecule has 0 radical (unpaired) electrons. The molecule has 0 spiro atoms. The minimum absolute atomic E-state index is 0.567. The van der Waals surface area contributed by atoms with Gasteiger partial charge in [-0.05, 0) is 6.42 Å². The second kappa shape index (κ2) is 4.59. The second-order valence-corrected chi connectivity index (χ2v) is 2.88. The third-order valence-corrected chi connectivity index (χ3v) is 1.88. The quantitative estimate of drug-likeness (QED) is 0.742. The van der Waals surface area contributed by atoms with Gasteiger partial charge in [-0.15, -0.1) is 5.10 Å². The van der Waals surface area contributed by atoms with Crippen molar-refractivity contribution in [3.05, 3.63) is 12.4 Å². The highest BCUT2D eigenvalue weighted by atomic mass is 16.4. The Hall–Kier alpha value is -1.39. The first-order valence-electron chi connectivity index (χ1n) is 4.34. The predicted molar refractivity (Wildman–Crippen MR) is 46.2 cm³/mol. The Morgan fingerprint density at radius 2 is 2.46 bits per heavy atom. The maximum absolute atomic E-state index is 10.8. The summed E-state index contributed by atoms with van der Waals surface area (Å²) in [6, 6.07) is -0.567. The van der Waals surface area contributed by atoms with Crippen molar-refractivity contribution in [2.45, 2.75) is 32.2 Å². The van der Waals surface area contributed by atoms with Crippen molar-refractivity contribution in [2.75, 3.05) is 0 Å². The summed E-state index contributed by atoms with van der Waals surface area (Å²) in [5.74, 6) is -0.848. The minimum Gasteiger partial charge on any atom is -0.480 e. The summed E-state index contributed by atoms with van der Waals surface area (Å²) in [5, 5.41) is 16.1. The highest BCUT2D eigenvalue weighted by Gasteiger charge is 2.18. The first-order chi connectivity index (χ1) is 6.25. The monoisotopic (exact) mass is 183 g/mol. The molecular formula is C8H13N3O2. The van der Waals surface area contributed by atoms with Crippen LogP contribution in [0.5, 0.6) is 0 Å². The van der Waals surface area contributed by atoms with E-state index in [-0.39, 0.29) is 0 Å². The largest absolute Gasteiger partial charge is 0.480 e. The van der Waals surface area contributed by atoms with Crippen molar-refractivity contribution < 1.29 is 9.90 Å². The van der Waals surface area contributed by atoms with E-state index in [9.17, 15) is 4.79 Å². The number of aliphatic carboxylic acids is 1. The van der Waals surface area contributed by atoms with E-state index in [2.05, 4.69) is 10.3 Å². The van der Waals surface area contributed by atoms with Crippen molar-refractivity contribution in [2.24, 2.45) is 0 Å². The predicted octanol–water partition coefficient (Wildman–Crippen LogP) is 1.09. The van der Waals surface area contributed by atoms with Crippen LogP contribution < -0.4 is 0 Å². The zero-order chi connectivity index (χ0) is 9.68. The first-order valence-corrected chi connectivity index (χ1v) is 4.34. The first kappa shape index (κ1) is 9.70. The molecule has 5 nitrogen and oxygen atoms in total. The highest BCUT2D eigenvalue weighted by Crippen LogP contribution is 2.13. The molecule has 1 rings (SSSR count). The van der Waals surface area contributed by atoms with E-state index in [1.54, 1.807) is 6.20 Å². The van der Waals surface area contributed by atoms with Crippen LogP contribution in [-0.4, -0.2) is 26.1 Å². The van der Waals surface area contributed by atoms with Gasteiger partial charge in [0.2, 0.25) is 0 Å². The molecule has 5 heteroatoms. The molecule has 0 aliphatic carbocycles. The van der Waals surface area contributed by atoms with Crippen LogP contribution in [0.15, 0.2) is 12.4 Å². The normalized spacial score (nSPS) is 12.7. The number of carboxylic acids is 1. The molecule has 1 aromatic heterocycles. The molecule has 0 aliphatic heterocycles. The minimum atomic E-state index is -0.848. The number of carbonyl (C=O) groups is 1. The molecule has 1 N–H and O–H groups in total. The number of hydrogen-bond acceptors (Lipinski definition) is 3. The van der Waals surface area contributed by atoms with E-state index in [0.717, 1.165) is 12.8 Å². The van der Waals surface area contributed by atoms with E-state index < -0.39 is 12.0 Å².